The zero-order valence-electron chi connectivity index (χ0n) is 11.7. The number of phenolic OH excluding ortho intramolecular Hbond substituents is 1. The summed E-state index contributed by atoms with van der Waals surface area (Å²) in [4.78, 5) is 4.71. The van der Waals surface area contributed by atoms with Gasteiger partial charge in [-0.3, -0.25) is 4.90 Å². The van der Waals surface area contributed by atoms with Crippen LogP contribution in [0.4, 0.5) is 5.69 Å². The number of rotatable bonds is 3. The van der Waals surface area contributed by atoms with E-state index in [-0.39, 0.29) is 5.60 Å². The van der Waals surface area contributed by atoms with Crippen LogP contribution in [0.3, 0.4) is 0 Å². The first kappa shape index (κ1) is 12.8. The van der Waals surface area contributed by atoms with Crippen LogP contribution in [0.15, 0.2) is 24.3 Å². The lowest BCUT2D eigenvalue weighted by atomic mass is 10.1. The zero-order chi connectivity index (χ0) is 13.5. The van der Waals surface area contributed by atoms with E-state index >= 15 is 0 Å². The Balaban J connectivity index is 1.54. The summed E-state index contributed by atoms with van der Waals surface area (Å²) >= 11 is 0. The lowest BCUT2D eigenvalue weighted by molar-refractivity contribution is 0.227. The summed E-state index contributed by atoms with van der Waals surface area (Å²) in [6, 6.07) is 7.57. The van der Waals surface area contributed by atoms with Crippen LogP contribution in [-0.2, 0) is 4.74 Å². The van der Waals surface area contributed by atoms with Crippen LogP contribution in [0.25, 0.3) is 0 Å². The third-order valence-electron chi connectivity index (χ3n) is 4.18. The van der Waals surface area contributed by atoms with Crippen molar-refractivity contribution in [1.29, 1.82) is 0 Å². The van der Waals surface area contributed by atoms with Gasteiger partial charge in [0.1, 0.15) is 5.75 Å². The molecule has 1 aromatic rings. The molecule has 2 aliphatic rings. The number of anilines is 1. The van der Waals surface area contributed by atoms with E-state index in [1.165, 1.54) is 0 Å². The summed E-state index contributed by atoms with van der Waals surface area (Å²) in [7, 11) is 0. The Hall–Kier alpha value is -1.26. The van der Waals surface area contributed by atoms with E-state index in [4.69, 9.17) is 4.74 Å². The smallest absolute Gasteiger partial charge is 0.138 e. The highest BCUT2D eigenvalue weighted by molar-refractivity contribution is 5.57. The van der Waals surface area contributed by atoms with Crippen LogP contribution in [0.5, 0.6) is 5.75 Å². The summed E-state index contributed by atoms with van der Waals surface area (Å²) in [5.41, 5.74) is 1.03. The molecule has 0 bridgehead atoms. The first-order chi connectivity index (χ1) is 9.06. The number of ether oxygens (including phenoxy) is 1. The molecule has 2 heterocycles. The van der Waals surface area contributed by atoms with Crippen LogP contribution in [0.2, 0.25) is 0 Å². The van der Waals surface area contributed by atoms with Crippen molar-refractivity contribution in [3.8, 4) is 5.75 Å². The standard InChI is InChI=1S/C15H22N2O2/c1-15(2)14(19-15)11-16-7-9-17(10-8-16)12-5-3-4-6-13(12)18/h3-6,14,18H,7-11H2,1-2H3. The van der Waals surface area contributed by atoms with Crippen LogP contribution < -0.4 is 4.90 Å². The molecular weight excluding hydrogens is 240 g/mol. The predicted octanol–water partition coefficient (Wildman–Crippen LogP) is 1.69. The van der Waals surface area contributed by atoms with Crippen molar-refractivity contribution in [3.63, 3.8) is 0 Å². The van der Waals surface area contributed by atoms with Crippen molar-refractivity contribution < 1.29 is 9.84 Å². The lowest BCUT2D eigenvalue weighted by Crippen LogP contribution is -2.47. The highest BCUT2D eigenvalue weighted by atomic mass is 16.6. The summed E-state index contributed by atoms with van der Waals surface area (Å²) in [5.74, 6) is 0.377. The molecule has 3 rings (SSSR count). The van der Waals surface area contributed by atoms with Gasteiger partial charge in [-0.05, 0) is 26.0 Å². The number of nitrogens with zero attached hydrogens (tertiary/aromatic N) is 2. The molecule has 0 amide bonds. The maximum atomic E-state index is 9.88. The number of para-hydroxylation sites is 2. The van der Waals surface area contributed by atoms with Gasteiger partial charge in [0.2, 0.25) is 0 Å². The van der Waals surface area contributed by atoms with Crippen LogP contribution >= 0.6 is 0 Å². The number of phenols is 1. The quantitative estimate of drug-likeness (QED) is 0.842. The second-order valence-corrected chi connectivity index (χ2v) is 5.99. The van der Waals surface area contributed by atoms with Gasteiger partial charge in [0.25, 0.3) is 0 Å². The van der Waals surface area contributed by atoms with Crippen molar-refractivity contribution >= 4 is 5.69 Å². The van der Waals surface area contributed by atoms with E-state index in [2.05, 4.69) is 23.6 Å². The number of aromatic hydroxyl groups is 1. The van der Waals surface area contributed by atoms with Gasteiger partial charge in [-0.25, -0.2) is 0 Å². The van der Waals surface area contributed by atoms with Gasteiger partial charge in [0.05, 0.1) is 17.4 Å². The fourth-order valence-electron chi connectivity index (χ4n) is 2.73. The molecule has 0 aromatic heterocycles. The zero-order valence-corrected chi connectivity index (χ0v) is 11.7. The topological polar surface area (TPSA) is 39.2 Å². The number of piperazine rings is 1. The van der Waals surface area contributed by atoms with E-state index < -0.39 is 0 Å². The molecule has 2 aliphatic heterocycles. The average molecular weight is 262 g/mol. The molecule has 0 aliphatic carbocycles. The summed E-state index contributed by atoms with van der Waals surface area (Å²) in [5, 5.41) is 9.88. The highest BCUT2D eigenvalue weighted by Crippen LogP contribution is 2.36. The minimum absolute atomic E-state index is 0.0782. The Morgan fingerprint density at radius 3 is 2.42 bits per heavy atom. The second-order valence-electron chi connectivity index (χ2n) is 5.99. The SMILES string of the molecule is CC1(C)OC1CN1CCN(c2ccccc2O)CC1. The van der Waals surface area contributed by atoms with Gasteiger partial charge in [-0.15, -0.1) is 0 Å². The van der Waals surface area contributed by atoms with Gasteiger partial charge in [0, 0.05) is 32.7 Å². The van der Waals surface area contributed by atoms with E-state index in [0.717, 1.165) is 38.4 Å². The van der Waals surface area contributed by atoms with Crippen LogP contribution in [-0.4, -0.2) is 54.4 Å². The fourth-order valence-corrected chi connectivity index (χ4v) is 2.73. The maximum absolute atomic E-state index is 9.88. The number of hydrogen-bond acceptors (Lipinski definition) is 4. The summed E-state index contributed by atoms with van der Waals surface area (Å²) < 4.78 is 5.64. The van der Waals surface area contributed by atoms with E-state index in [1.54, 1.807) is 6.07 Å². The molecule has 2 fully saturated rings. The van der Waals surface area contributed by atoms with Crippen LogP contribution in [0, 0.1) is 0 Å². The van der Waals surface area contributed by atoms with Gasteiger partial charge >= 0.3 is 0 Å². The highest BCUT2D eigenvalue weighted by Gasteiger charge is 2.48. The Morgan fingerprint density at radius 1 is 1.21 bits per heavy atom. The lowest BCUT2D eigenvalue weighted by Gasteiger charge is -2.36. The molecule has 0 radical (unpaired) electrons. The molecule has 1 atom stereocenters. The Kier molecular flexibility index (Phi) is 3.15. The first-order valence-corrected chi connectivity index (χ1v) is 6.99. The molecule has 0 saturated carbocycles. The Bertz CT molecular complexity index is 453. The monoisotopic (exact) mass is 262 g/mol. The maximum Gasteiger partial charge on any atom is 0.138 e. The van der Waals surface area contributed by atoms with Crippen molar-refractivity contribution in [3.05, 3.63) is 24.3 Å². The van der Waals surface area contributed by atoms with Crippen molar-refractivity contribution in [1.82, 2.24) is 4.90 Å². The Labute approximate surface area is 114 Å². The molecular formula is C15H22N2O2. The number of epoxide rings is 1. The van der Waals surface area contributed by atoms with Gasteiger partial charge < -0.3 is 14.7 Å². The third-order valence-corrected chi connectivity index (χ3v) is 4.18. The van der Waals surface area contributed by atoms with Crippen molar-refractivity contribution in [2.75, 3.05) is 37.6 Å². The molecule has 4 nitrogen and oxygen atoms in total. The first-order valence-electron chi connectivity index (χ1n) is 6.99. The average Bonchev–Trinajstić information content (AvgIpc) is 2.98. The third kappa shape index (κ3) is 2.69. The summed E-state index contributed by atoms with van der Waals surface area (Å²) in [6.07, 6.45) is 0.393. The van der Waals surface area contributed by atoms with Gasteiger partial charge in [0.15, 0.2) is 0 Å². The minimum atomic E-state index is 0.0782. The van der Waals surface area contributed by atoms with E-state index in [0.29, 0.717) is 11.9 Å². The molecule has 1 unspecified atom stereocenters. The van der Waals surface area contributed by atoms with E-state index in [9.17, 15) is 5.11 Å². The predicted molar refractivity (Wildman–Crippen MR) is 75.7 cm³/mol. The van der Waals surface area contributed by atoms with Gasteiger partial charge in [-0.1, -0.05) is 12.1 Å². The van der Waals surface area contributed by atoms with Crippen molar-refractivity contribution in [2.45, 2.75) is 25.6 Å². The van der Waals surface area contributed by atoms with E-state index in [1.807, 2.05) is 18.2 Å². The normalized spacial score (nSPS) is 26.4. The molecule has 1 N–H and O–H groups in total. The molecule has 1 aromatic carbocycles. The molecule has 0 spiro atoms. The number of hydrogen-bond donors (Lipinski definition) is 1. The molecule has 104 valence electrons. The number of benzene rings is 1. The molecule has 19 heavy (non-hydrogen) atoms. The van der Waals surface area contributed by atoms with Crippen molar-refractivity contribution in [2.24, 2.45) is 0 Å². The largest absolute Gasteiger partial charge is 0.506 e. The second kappa shape index (κ2) is 4.69. The molecule has 2 saturated heterocycles. The van der Waals surface area contributed by atoms with Crippen LogP contribution in [0.1, 0.15) is 13.8 Å². The van der Waals surface area contributed by atoms with Gasteiger partial charge in [-0.2, -0.15) is 0 Å². The minimum Gasteiger partial charge on any atom is -0.506 e. The molecule has 4 heteroatoms. The summed E-state index contributed by atoms with van der Waals surface area (Å²) in [6.45, 7) is 9.32. The Morgan fingerprint density at radius 2 is 1.84 bits per heavy atom. The fraction of sp³-hybridized carbons (Fsp3) is 0.600.